The summed E-state index contributed by atoms with van der Waals surface area (Å²) in [6, 6.07) is 19.2. The van der Waals surface area contributed by atoms with Gasteiger partial charge in [-0.3, -0.25) is 4.79 Å². The van der Waals surface area contributed by atoms with Crippen LogP contribution >= 0.6 is 0 Å². The van der Waals surface area contributed by atoms with E-state index in [1.807, 2.05) is 43.3 Å². The van der Waals surface area contributed by atoms with Crippen LogP contribution in [-0.2, 0) is 6.54 Å². The number of rotatable bonds is 9. The van der Waals surface area contributed by atoms with E-state index in [0.29, 0.717) is 12.4 Å². The zero-order valence-electron chi connectivity index (χ0n) is 17.9. The number of hydrogen-bond donors (Lipinski definition) is 1. The number of furan rings is 1. The Balaban J connectivity index is 1.41. The van der Waals surface area contributed by atoms with Crippen LogP contribution in [0.5, 0.6) is 5.75 Å². The number of ether oxygens (including phenoxy) is 1. The molecule has 1 unspecified atom stereocenters. The van der Waals surface area contributed by atoms with Crippen molar-refractivity contribution < 1.29 is 13.9 Å². The van der Waals surface area contributed by atoms with Crippen molar-refractivity contribution in [2.45, 2.75) is 39.3 Å². The minimum absolute atomic E-state index is 0.248. The number of carbonyl (C=O) groups is 1. The monoisotopic (exact) mass is 417 g/mol. The van der Waals surface area contributed by atoms with E-state index in [-0.39, 0.29) is 11.9 Å². The predicted molar refractivity (Wildman–Crippen MR) is 120 cm³/mol. The standard InChI is InChI=1S/C25H27N3O3/c1-18-9-7-10-20(17-18)30-15-6-5-14-28-22-12-4-3-11-21(22)27-24(28)19(2)26-25(29)23-13-8-16-31-23/h3-4,7-13,16-17,19H,5-6,14-15H2,1-2H3,(H,26,29). The van der Waals surface area contributed by atoms with E-state index in [9.17, 15) is 4.79 Å². The maximum Gasteiger partial charge on any atom is 0.287 e. The maximum atomic E-state index is 12.4. The summed E-state index contributed by atoms with van der Waals surface area (Å²) in [5.74, 6) is 1.79. The number of aryl methyl sites for hydroxylation is 2. The Labute approximate surface area is 181 Å². The highest BCUT2D eigenvalue weighted by molar-refractivity contribution is 5.91. The molecule has 2 aromatic heterocycles. The van der Waals surface area contributed by atoms with Gasteiger partial charge in [-0.2, -0.15) is 0 Å². The van der Waals surface area contributed by atoms with Gasteiger partial charge in [0.15, 0.2) is 5.76 Å². The first kappa shape index (κ1) is 20.7. The Bertz CT molecular complexity index is 1150. The molecular formula is C25H27N3O3. The van der Waals surface area contributed by atoms with Crippen molar-refractivity contribution in [3.63, 3.8) is 0 Å². The number of carbonyl (C=O) groups excluding carboxylic acids is 1. The van der Waals surface area contributed by atoms with E-state index >= 15 is 0 Å². The van der Waals surface area contributed by atoms with Crippen LogP contribution in [0.4, 0.5) is 0 Å². The third kappa shape index (κ3) is 4.97. The maximum absolute atomic E-state index is 12.4. The van der Waals surface area contributed by atoms with Crippen LogP contribution in [-0.4, -0.2) is 22.1 Å². The SMILES string of the molecule is Cc1cccc(OCCCCn2c(C(C)NC(=O)c3ccco3)nc3ccccc32)c1. The van der Waals surface area contributed by atoms with Gasteiger partial charge in [0, 0.05) is 6.54 Å². The smallest absolute Gasteiger partial charge is 0.287 e. The Morgan fingerprint density at radius 2 is 2.00 bits per heavy atom. The van der Waals surface area contributed by atoms with Gasteiger partial charge in [0.2, 0.25) is 0 Å². The van der Waals surface area contributed by atoms with Crippen molar-refractivity contribution >= 4 is 16.9 Å². The molecule has 160 valence electrons. The lowest BCUT2D eigenvalue weighted by molar-refractivity contribution is 0.0909. The third-order valence-corrected chi connectivity index (χ3v) is 5.20. The van der Waals surface area contributed by atoms with Crippen molar-refractivity contribution in [3.8, 4) is 5.75 Å². The van der Waals surface area contributed by atoms with Gasteiger partial charge in [-0.05, 0) is 68.7 Å². The van der Waals surface area contributed by atoms with Crippen molar-refractivity contribution in [2.75, 3.05) is 6.61 Å². The third-order valence-electron chi connectivity index (χ3n) is 5.20. The Hall–Kier alpha value is -3.54. The Kier molecular flexibility index (Phi) is 6.36. The molecule has 0 aliphatic carbocycles. The second-order valence-electron chi connectivity index (χ2n) is 7.65. The largest absolute Gasteiger partial charge is 0.494 e. The topological polar surface area (TPSA) is 69.3 Å². The van der Waals surface area contributed by atoms with Crippen molar-refractivity contribution in [1.29, 1.82) is 0 Å². The number of imidazole rings is 1. The second-order valence-corrected chi connectivity index (χ2v) is 7.65. The van der Waals surface area contributed by atoms with Crippen LogP contribution < -0.4 is 10.1 Å². The van der Waals surface area contributed by atoms with E-state index in [4.69, 9.17) is 14.1 Å². The van der Waals surface area contributed by atoms with E-state index in [1.165, 1.54) is 11.8 Å². The molecule has 0 saturated carbocycles. The number of amides is 1. The number of nitrogens with one attached hydrogen (secondary N) is 1. The Morgan fingerprint density at radius 3 is 2.81 bits per heavy atom. The summed E-state index contributed by atoms with van der Waals surface area (Å²) in [5.41, 5.74) is 3.18. The molecule has 0 aliphatic rings. The molecule has 4 rings (SSSR count). The number of benzene rings is 2. The highest BCUT2D eigenvalue weighted by Crippen LogP contribution is 2.22. The van der Waals surface area contributed by atoms with Crippen molar-refractivity contribution in [2.24, 2.45) is 0 Å². The van der Waals surface area contributed by atoms with Crippen LogP contribution in [0.15, 0.2) is 71.3 Å². The predicted octanol–water partition coefficient (Wildman–Crippen LogP) is 5.29. The quantitative estimate of drug-likeness (QED) is 0.376. The molecule has 2 aromatic carbocycles. The number of aromatic nitrogens is 2. The average Bonchev–Trinajstić information content (AvgIpc) is 3.42. The molecule has 31 heavy (non-hydrogen) atoms. The molecule has 0 aliphatic heterocycles. The molecule has 1 N–H and O–H groups in total. The van der Waals surface area contributed by atoms with Gasteiger partial charge in [0.25, 0.3) is 5.91 Å². The first-order chi connectivity index (χ1) is 15.1. The Morgan fingerprint density at radius 1 is 1.13 bits per heavy atom. The fourth-order valence-corrected chi connectivity index (χ4v) is 3.67. The molecule has 0 fully saturated rings. The van der Waals surface area contributed by atoms with Gasteiger partial charge in [0.05, 0.1) is 29.9 Å². The lowest BCUT2D eigenvalue weighted by atomic mass is 10.2. The zero-order chi connectivity index (χ0) is 21.6. The molecule has 6 heteroatoms. The van der Waals surface area contributed by atoms with Gasteiger partial charge in [0.1, 0.15) is 11.6 Å². The highest BCUT2D eigenvalue weighted by Gasteiger charge is 2.19. The minimum Gasteiger partial charge on any atom is -0.494 e. The average molecular weight is 418 g/mol. The summed E-state index contributed by atoms with van der Waals surface area (Å²) in [5, 5.41) is 2.99. The summed E-state index contributed by atoms with van der Waals surface area (Å²) in [6.07, 6.45) is 3.36. The van der Waals surface area contributed by atoms with Crippen LogP contribution in [0.2, 0.25) is 0 Å². The molecule has 6 nitrogen and oxygen atoms in total. The summed E-state index contributed by atoms with van der Waals surface area (Å²) < 4.78 is 13.3. The lowest BCUT2D eigenvalue weighted by Crippen LogP contribution is -2.28. The second kappa shape index (κ2) is 9.51. The van der Waals surface area contributed by atoms with Crippen molar-refractivity contribution in [3.05, 3.63) is 84.1 Å². The zero-order valence-corrected chi connectivity index (χ0v) is 17.9. The summed E-state index contributed by atoms with van der Waals surface area (Å²) in [6.45, 7) is 5.47. The van der Waals surface area contributed by atoms with Gasteiger partial charge >= 0.3 is 0 Å². The van der Waals surface area contributed by atoms with Gasteiger partial charge in [-0.1, -0.05) is 24.3 Å². The van der Waals surface area contributed by atoms with Gasteiger partial charge in [-0.25, -0.2) is 4.98 Å². The summed E-state index contributed by atoms with van der Waals surface area (Å²) >= 11 is 0. The van der Waals surface area contributed by atoms with Crippen LogP contribution in [0, 0.1) is 6.92 Å². The van der Waals surface area contributed by atoms with E-state index in [1.54, 1.807) is 12.1 Å². The van der Waals surface area contributed by atoms with Gasteiger partial charge < -0.3 is 19.0 Å². The van der Waals surface area contributed by atoms with Crippen molar-refractivity contribution in [1.82, 2.24) is 14.9 Å². The first-order valence-electron chi connectivity index (χ1n) is 10.6. The molecule has 0 saturated heterocycles. The molecule has 2 heterocycles. The number of hydrogen-bond acceptors (Lipinski definition) is 4. The molecular weight excluding hydrogens is 390 g/mol. The molecule has 0 spiro atoms. The lowest BCUT2D eigenvalue weighted by Gasteiger charge is -2.16. The van der Waals surface area contributed by atoms with E-state index in [2.05, 4.69) is 28.9 Å². The fourth-order valence-electron chi connectivity index (χ4n) is 3.67. The fraction of sp³-hybridized carbons (Fsp3) is 0.280. The van der Waals surface area contributed by atoms with Crippen LogP contribution in [0.1, 0.15) is 47.7 Å². The molecule has 1 atom stereocenters. The van der Waals surface area contributed by atoms with Gasteiger partial charge in [-0.15, -0.1) is 0 Å². The molecule has 0 radical (unpaired) electrons. The number of fused-ring (bicyclic) bond motifs is 1. The van der Waals surface area contributed by atoms with E-state index < -0.39 is 0 Å². The molecule has 1 amide bonds. The van der Waals surface area contributed by atoms with E-state index in [0.717, 1.165) is 42.0 Å². The first-order valence-corrected chi connectivity index (χ1v) is 10.6. The number of para-hydroxylation sites is 2. The highest BCUT2D eigenvalue weighted by atomic mass is 16.5. The summed E-state index contributed by atoms with van der Waals surface area (Å²) in [7, 11) is 0. The minimum atomic E-state index is -0.256. The number of nitrogens with zero attached hydrogens (tertiary/aromatic N) is 2. The normalized spacial score (nSPS) is 12.1. The molecule has 0 bridgehead atoms. The number of unbranched alkanes of at least 4 members (excludes halogenated alkanes) is 1. The van der Waals surface area contributed by atoms with Crippen LogP contribution in [0.3, 0.4) is 0 Å². The van der Waals surface area contributed by atoms with Crippen LogP contribution in [0.25, 0.3) is 11.0 Å². The summed E-state index contributed by atoms with van der Waals surface area (Å²) in [4.78, 5) is 17.2. The molecule has 4 aromatic rings.